The molecule has 0 aromatic carbocycles. The highest BCUT2D eigenvalue weighted by Gasteiger charge is 2.28. The lowest BCUT2D eigenvalue weighted by molar-refractivity contribution is 0.184. The van der Waals surface area contributed by atoms with E-state index in [-0.39, 0.29) is 5.41 Å². The molecule has 0 fully saturated rings. The zero-order valence-electron chi connectivity index (χ0n) is 14.4. The maximum atomic E-state index is 5.10. The molecule has 0 unspecified atom stereocenters. The first kappa shape index (κ1) is 18.1. The van der Waals surface area contributed by atoms with E-state index in [1.165, 1.54) is 0 Å². The van der Waals surface area contributed by atoms with Crippen molar-refractivity contribution in [2.24, 2.45) is 11.3 Å². The number of nitrogens with one attached hydrogen (secondary N) is 1. The molecule has 122 valence electrons. The summed E-state index contributed by atoms with van der Waals surface area (Å²) in [6, 6.07) is 0. The summed E-state index contributed by atoms with van der Waals surface area (Å²) in [6.07, 6.45) is 4.94. The van der Waals surface area contributed by atoms with Crippen molar-refractivity contribution in [3.8, 4) is 0 Å². The summed E-state index contributed by atoms with van der Waals surface area (Å²) in [5.41, 5.74) is 0.246. The van der Waals surface area contributed by atoms with E-state index in [4.69, 9.17) is 4.74 Å². The highest BCUT2D eigenvalue weighted by Crippen LogP contribution is 2.29. The van der Waals surface area contributed by atoms with Gasteiger partial charge in [-0.3, -0.25) is 0 Å². The molecule has 0 spiro atoms. The number of ether oxygens (including phenoxy) is 1. The molecule has 21 heavy (non-hydrogen) atoms. The van der Waals surface area contributed by atoms with Gasteiger partial charge in [-0.15, -0.1) is 0 Å². The van der Waals surface area contributed by atoms with E-state index in [0.717, 1.165) is 51.3 Å². The van der Waals surface area contributed by atoms with Gasteiger partial charge in [-0.1, -0.05) is 27.7 Å². The number of nitrogens with zero attached hydrogens (tertiary/aromatic N) is 3. The van der Waals surface area contributed by atoms with Crippen LogP contribution in [0.4, 0.5) is 0 Å². The second kappa shape index (κ2) is 9.15. The van der Waals surface area contributed by atoms with Crippen LogP contribution in [0.1, 0.15) is 46.4 Å². The Morgan fingerprint density at radius 3 is 2.62 bits per heavy atom. The summed E-state index contributed by atoms with van der Waals surface area (Å²) < 4.78 is 7.17. The maximum Gasteiger partial charge on any atom is 0.138 e. The molecule has 0 bridgehead atoms. The van der Waals surface area contributed by atoms with E-state index in [2.05, 4.69) is 47.8 Å². The van der Waals surface area contributed by atoms with Crippen molar-refractivity contribution in [2.75, 3.05) is 26.8 Å². The van der Waals surface area contributed by atoms with Crippen molar-refractivity contribution in [1.29, 1.82) is 0 Å². The monoisotopic (exact) mass is 296 g/mol. The number of rotatable bonds is 11. The molecule has 0 saturated carbocycles. The topological polar surface area (TPSA) is 52.0 Å². The third-order valence-corrected chi connectivity index (χ3v) is 4.25. The number of methoxy groups -OCH3 is 1. The van der Waals surface area contributed by atoms with E-state index < -0.39 is 0 Å². The lowest BCUT2D eigenvalue weighted by Gasteiger charge is -2.32. The van der Waals surface area contributed by atoms with Crippen LogP contribution in [0, 0.1) is 11.3 Å². The molecule has 5 nitrogen and oxygen atoms in total. The average Bonchev–Trinajstić information content (AvgIpc) is 2.88. The van der Waals surface area contributed by atoms with Crippen LogP contribution in [0.3, 0.4) is 0 Å². The fourth-order valence-corrected chi connectivity index (χ4v) is 2.60. The van der Waals surface area contributed by atoms with E-state index in [1.54, 1.807) is 13.4 Å². The zero-order chi connectivity index (χ0) is 15.7. The van der Waals surface area contributed by atoms with E-state index in [0.29, 0.717) is 5.92 Å². The van der Waals surface area contributed by atoms with Gasteiger partial charge in [0.2, 0.25) is 0 Å². The van der Waals surface area contributed by atoms with E-state index in [1.807, 2.05) is 0 Å². The second-order valence-electron chi connectivity index (χ2n) is 6.31. The van der Waals surface area contributed by atoms with E-state index in [9.17, 15) is 0 Å². The smallest absolute Gasteiger partial charge is 0.138 e. The first-order valence-electron chi connectivity index (χ1n) is 8.13. The lowest BCUT2D eigenvalue weighted by Crippen LogP contribution is -2.37. The van der Waals surface area contributed by atoms with E-state index >= 15 is 0 Å². The van der Waals surface area contributed by atoms with Crippen LogP contribution < -0.4 is 5.32 Å². The van der Waals surface area contributed by atoms with Crippen molar-refractivity contribution >= 4 is 0 Å². The third-order valence-electron chi connectivity index (χ3n) is 4.25. The molecule has 0 radical (unpaired) electrons. The average molecular weight is 296 g/mol. The minimum absolute atomic E-state index is 0.246. The molecule has 0 amide bonds. The Labute approximate surface area is 129 Å². The van der Waals surface area contributed by atoms with Gasteiger partial charge in [0.05, 0.1) is 6.61 Å². The highest BCUT2D eigenvalue weighted by atomic mass is 16.5. The van der Waals surface area contributed by atoms with Crippen LogP contribution in [0.25, 0.3) is 0 Å². The molecular formula is C16H32N4O. The van der Waals surface area contributed by atoms with Gasteiger partial charge in [0.1, 0.15) is 12.2 Å². The van der Waals surface area contributed by atoms with Gasteiger partial charge < -0.3 is 10.1 Å². The van der Waals surface area contributed by atoms with Crippen molar-refractivity contribution in [1.82, 2.24) is 20.1 Å². The van der Waals surface area contributed by atoms with Gasteiger partial charge in [0.25, 0.3) is 0 Å². The summed E-state index contributed by atoms with van der Waals surface area (Å²) in [4.78, 5) is 4.49. The molecule has 0 aliphatic rings. The van der Waals surface area contributed by atoms with Gasteiger partial charge >= 0.3 is 0 Å². The Balaban J connectivity index is 2.70. The van der Waals surface area contributed by atoms with Gasteiger partial charge in [-0.05, 0) is 24.2 Å². The molecule has 0 atom stereocenters. The fraction of sp³-hybridized carbons (Fsp3) is 0.875. The van der Waals surface area contributed by atoms with Crippen molar-refractivity contribution < 1.29 is 4.74 Å². The predicted molar refractivity (Wildman–Crippen MR) is 86.3 cm³/mol. The Kier molecular flexibility index (Phi) is 7.89. The molecular weight excluding hydrogens is 264 g/mol. The number of aromatic nitrogens is 3. The Hall–Kier alpha value is -0.940. The predicted octanol–water partition coefficient (Wildman–Crippen LogP) is 2.52. The van der Waals surface area contributed by atoms with Crippen LogP contribution in [0.15, 0.2) is 6.33 Å². The first-order chi connectivity index (χ1) is 10.1. The Morgan fingerprint density at radius 1 is 1.33 bits per heavy atom. The largest absolute Gasteiger partial charge is 0.383 e. The number of hydrogen-bond acceptors (Lipinski definition) is 4. The van der Waals surface area contributed by atoms with Crippen LogP contribution in [-0.2, 0) is 17.7 Å². The first-order valence-corrected chi connectivity index (χ1v) is 8.13. The molecule has 1 aromatic rings. The van der Waals surface area contributed by atoms with Gasteiger partial charge in [0, 0.05) is 33.2 Å². The molecule has 0 aliphatic heterocycles. The summed E-state index contributed by atoms with van der Waals surface area (Å²) in [5.74, 6) is 1.70. The summed E-state index contributed by atoms with van der Waals surface area (Å²) in [6.45, 7) is 12.6. The Morgan fingerprint density at radius 2 is 2.05 bits per heavy atom. The van der Waals surface area contributed by atoms with Crippen LogP contribution >= 0.6 is 0 Å². The molecule has 1 aromatic heterocycles. The molecule has 5 heteroatoms. The normalized spacial score (nSPS) is 12.3. The maximum absolute atomic E-state index is 5.10. The van der Waals surface area contributed by atoms with Crippen LogP contribution in [0.5, 0.6) is 0 Å². The molecule has 0 aliphatic carbocycles. The van der Waals surface area contributed by atoms with Crippen molar-refractivity contribution in [3.63, 3.8) is 0 Å². The van der Waals surface area contributed by atoms with Crippen molar-refractivity contribution in [3.05, 3.63) is 12.2 Å². The second-order valence-corrected chi connectivity index (χ2v) is 6.31. The van der Waals surface area contributed by atoms with Gasteiger partial charge in [-0.25, -0.2) is 9.67 Å². The van der Waals surface area contributed by atoms with Gasteiger partial charge in [-0.2, -0.15) is 5.10 Å². The molecule has 1 rings (SSSR count). The summed E-state index contributed by atoms with van der Waals surface area (Å²) in [7, 11) is 1.74. The van der Waals surface area contributed by atoms with Crippen LogP contribution in [-0.4, -0.2) is 41.6 Å². The number of hydrogen-bond donors (Lipinski definition) is 1. The standard InChI is InChI=1S/C16H32N4O/c1-6-16(7-2,12-17-8-9-21-5)10-15-18-13-19-20(15)11-14(3)4/h13-14,17H,6-12H2,1-5H3. The van der Waals surface area contributed by atoms with Crippen LogP contribution in [0.2, 0.25) is 0 Å². The van der Waals surface area contributed by atoms with Crippen molar-refractivity contribution in [2.45, 2.75) is 53.5 Å². The summed E-state index contributed by atoms with van der Waals surface area (Å²) in [5, 5.41) is 7.90. The SMILES string of the molecule is CCC(CC)(CNCCOC)Cc1ncnn1CC(C)C. The molecule has 1 N–H and O–H groups in total. The minimum atomic E-state index is 0.246. The van der Waals surface area contributed by atoms with Gasteiger partial charge in [0.15, 0.2) is 0 Å². The highest BCUT2D eigenvalue weighted by molar-refractivity contribution is 4.94. The minimum Gasteiger partial charge on any atom is -0.383 e. The quantitative estimate of drug-likeness (QED) is 0.638. The fourth-order valence-electron chi connectivity index (χ4n) is 2.60. The zero-order valence-corrected chi connectivity index (χ0v) is 14.4. The lowest BCUT2D eigenvalue weighted by atomic mass is 9.78. The summed E-state index contributed by atoms with van der Waals surface area (Å²) >= 11 is 0. The third kappa shape index (κ3) is 5.75. The Bertz CT molecular complexity index is 385. The molecule has 1 heterocycles. The molecule has 0 saturated heterocycles.